The third-order valence-corrected chi connectivity index (χ3v) is 6.23. The predicted molar refractivity (Wildman–Crippen MR) is 89.4 cm³/mol. The number of sulfonamides is 1. The summed E-state index contributed by atoms with van der Waals surface area (Å²) in [4.78, 5) is 3.56. The molecule has 0 amide bonds. The molecule has 1 rings (SSSR count). The van der Waals surface area contributed by atoms with Crippen molar-refractivity contribution in [2.24, 2.45) is 0 Å². The van der Waals surface area contributed by atoms with Gasteiger partial charge in [-0.3, -0.25) is 0 Å². The molecule has 0 aliphatic rings. The van der Waals surface area contributed by atoms with Crippen molar-refractivity contribution >= 4 is 21.4 Å². The second-order valence-electron chi connectivity index (χ2n) is 5.03. The second-order valence-corrected chi connectivity index (χ2v) is 7.70. The van der Waals surface area contributed by atoms with E-state index in [1.165, 1.54) is 11.3 Å². The maximum Gasteiger partial charge on any atom is 0.242 e. The van der Waals surface area contributed by atoms with Crippen LogP contribution in [0.2, 0.25) is 0 Å². The van der Waals surface area contributed by atoms with Crippen LogP contribution in [0.4, 0.5) is 0 Å². The van der Waals surface area contributed by atoms with Gasteiger partial charge >= 0.3 is 0 Å². The van der Waals surface area contributed by atoms with E-state index in [1.54, 1.807) is 0 Å². The van der Waals surface area contributed by atoms with Crippen LogP contribution in [-0.2, 0) is 16.6 Å². The fraction of sp³-hybridized carbons (Fsp3) is 0.714. The Labute approximate surface area is 132 Å². The van der Waals surface area contributed by atoms with Crippen molar-refractivity contribution in [3.63, 3.8) is 0 Å². The first-order valence-electron chi connectivity index (χ1n) is 7.39. The Morgan fingerprint density at radius 1 is 1.29 bits per heavy atom. The van der Waals surface area contributed by atoms with E-state index in [2.05, 4.69) is 28.8 Å². The maximum atomic E-state index is 12.5. The van der Waals surface area contributed by atoms with Crippen molar-refractivity contribution in [1.29, 1.82) is 0 Å². The van der Waals surface area contributed by atoms with E-state index in [0.29, 0.717) is 18.0 Å². The first-order valence-corrected chi connectivity index (χ1v) is 9.76. The number of nitrogens with one attached hydrogen (secondary N) is 2. The highest BCUT2D eigenvalue weighted by molar-refractivity contribution is 7.89. The van der Waals surface area contributed by atoms with Gasteiger partial charge in [-0.2, -0.15) is 0 Å². The summed E-state index contributed by atoms with van der Waals surface area (Å²) in [6.45, 7) is 9.78. The Bertz CT molecular complexity index is 526. The Balaban J connectivity index is 2.71. The van der Waals surface area contributed by atoms with Gasteiger partial charge < -0.3 is 10.2 Å². The van der Waals surface area contributed by atoms with Gasteiger partial charge in [0.1, 0.15) is 4.90 Å². The number of thiophene rings is 1. The first-order chi connectivity index (χ1) is 9.96. The molecule has 1 aromatic rings. The van der Waals surface area contributed by atoms with Gasteiger partial charge in [0.15, 0.2) is 0 Å². The summed E-state index contributed by atoms with van der Waals surface area (Å²) in [6, 6.07) is 0. The van der Waals surface area contributed by atoms with E-state index in [1.807, 2.05) is 19.4 Å². The Morgan fingerprint density at radius 3 is 2.57 bits per heavy atom. The van der Waals surface area contributed by atoms with Crippen LogP contribution in [0.25, 0.3) is 0 Å². The van der Waals surface area contributed by atoms with Gasteiger partial charge in [-0.05, 0) is 44.4 Å². The largest absolute Gasteiger partial charge is 0.315 e. The van der Waals surface area contributed by atoms with E-state index in [-0.39, 0.29) is 0 Å². The zero-order valence-electron chi connectivity index (χ0n) is 13.4. The standard InChI is InChI=1S/C14H27N3O2S2/c1-5-8-17(6-2)9-7-16-21(18,19)14-12(3)11-20-13(14)10-15-4/h11,15-16H,5-10H2,1-4H3. The highest BCUT2D eigenvalue weighted by Crippen LogP contribution is 2.26. The molecule has 0 spiro atoms. The summed E-state index contributed by atoms with van der Waals surface area (Å²) >= 11 is 1.49. The number of hydrogen-bond acceptors (Lipinski definition) is 5. The average molecular weight is 334 g/mol. The highest BCUT2D eigenvalue weighted by Gasteiger charge is 2.22. The predicted octanol–water partition coefficient (Wildman–Crippen LogP) is 1.79. The van der Waals surface area contributed by atoms with E-state index in [4.69, 9.17) is 0 Å². The minimum atomic E-state index is -3.43. The molecule has 0 fully saturated rings. The number of likely N-dealkylation sites (N-methyl/N-ethyl adjacent to an activating group) is 1. The molecule has 5 nitrogen and oxygen atoms in total. The maximum absolute atomic E-state index is 12.5. The Hall–Kier alpha value is -0.470. The molecule has 2 N–H and O–H groups in total. The van der Waals surface area contributed by atoms with Crippen LogP contribution in [0.5, 0.6) is 0 Å². The molecule has 1 heterocycles. The van der Waals surface area contributed by atoms with Crippen molar-refractivity contribution in [3.8, 4) is 0 Å². The summed E-state index contributed by atoms with van der Waals surface area (Å²) in [5.74, 6) is 0. The molecule has 21 heavy (non-hydrogen) atoms. The molecular weight excluding hydrogens is 306 g/mol. The van der Waals surface area contributed by atoms with Crippen LogP contribution < -0.4 is 10.0 Å². The molecule has 0 saturated carbocycles. The molecule has 0 atom stereocenters. The summed E-state index contributed by atoms with van der Waals surface area (Å²) in [7, 11) is -1.60. The van der Waals surface area contributed by atoms with Gasteiger partial charge in [0.05, 0.1) is 0 Å². The quantitative estimate of drug-likeness (QED) is 0.685. The van der Waals surface area contributed by atoms with Crippen molar-refractivity contribution < 1.29 is 8.42 Å². The third kappa shape index (κ3) is 5.34. The minimum absolute atomic E-state index is 0.445. The van der Waals surface area contributed by atoms with E-state index in [0.717, 1.165) is 36.5 Å². The lowest BCUT2D eigenvalue weighted by molar-refractivity contribution is 0.293. The number of aryl methyl sites for hydroxylation is 1. The fourth-order valence-corrected chi connectivity index (χ4v) is 5.13. The number of nitrogens with zero attached hydrogens (tertiary/aromatic N) is 1. The topological polar surface area (TPSA) is 61.4 Å². The normalized spacial score (nSPS) is 12.2. The number of rotatable bonds is 10. The molecule has 0 saturated heterocycles. The van der Waals surface area contributed by atoms with Gasteiger partial charge in [-0.15, -0.1) is 11.3 Å². The highest BCUT2D eigenvalue weighted by atomic mass is 32.2. The van der Waals surface area contributed by atoms with Gasteiger partial charge in [-0.25, -0.2) is 13.1 Å². The molecule has 7 heteroatoms. The Kier molecular flexibility index (Phi) is 7.83. The third-order valence-electron chi connectivity index (χ3n) is 3.30. The monoisotopic (exact) mass is 333 g/mol. The van der Waals surface area contributed by atoms with E-state index < -0.39 is 10.0 Å². The van der Waals surface area contributed by atoms with E-state index in [9.17, 15) is 8.42 Å². The lowest BCUT2D eigenvalue weighted by Crippen LogP contribution is -2.35. The zero-order chi connectivity index (χ0) is 15.9. The molecule has 0 bridgehead atoms. The lowest BCUT2D eigenvalue weighted by Gasteiger charge is -2.19. The van der Waals surface area contributed by atoms with E-state index >= 15 is 0 Å². The lowest BCUT2D eigenvalue weighted by atomic mass is 10.3. The average Bonchev–Trinajstić information content (AvgIpc) is 2.80. The molecule has 0 radical (unpaired) electrons. The van der Waals surface area contributed by atoms with Crippen molar-refractivity contribution in [1.82, 2.24) is 14.9 Å². The molecular formula is C14H27N3O2S2. The molecule has 122 valence electrons. The smallest absolute Gasteiger partial charge is 0.242 e. The Morgan fingerprint density at radius 2 is 2.00 bits per heavy atom. The minimum Gasteiger partial charge on any atom is -0.315 e. The van der Waals surface area contributed by atoms with Crippen molar-refractivity contribution in [2.75, 3.05) is 33.2 Å². The van der Waals surface area contributed by atoms with Crippen molar-refractivity contribution in [2.45, 2.75) is 38.6 Å². The van der Waals surface area contributed by atoms with Crippen LogP contribution in [0, 0.1) is 6.92 Å². The summed E-state index contributed by atoms with van der Waals surface area (Å²) < 4.78 is 27.7. The van der Waals surface area contributed by atoms with Gasteiger partial charge in [-0.1, -0.05) is 13.8 Å². The van der Waals surface area contributed by atoms with Gasteiger partial charge in [0.2, 0.25) is 10.0 Å². The SMILES string of the molecule is CCCN(CC)CCNS(=O)(=O)c1c(C)csc1CNC. The molecule has 1 aromatic heterocycles. The molecule has 0 aromatic carbocycles. The van der Waals surface area contributed by atoms with Crippen LogP contribution in [-0.4, -0.2) is 46.5 Å². The molecule has 0 unspecified atom stereocenters. The molecule has 0 aliphatic heterocycles. The second kappa shape index (κ2) is 8.85. The number of hydrogen-bond donors (Lipinski definition) is 2. The zero-order valence-corrected chi connectivity index (χ0v) is 15.0. The fourth-order valence-electron chi connectivity index (χ4n) is 2.29. The summed E-state index contributed by atoms with van der Waals surface area (Å²) in [6.07, 6.45) is 1.08. The van der Waals surface area contributed by atoms with Crippen LogP contribution in [0.3, 0.4) is 0 Å². The van der Waals surface area contributed by atoms with Crippen molar-refractivity contribution in [3.05, 3.63) is 15.8 Å². The van der Waals surface area contributed by atoms with Crippen LogP contribution >= 0.6 is 11.3 Å². The summed E-state index contributed by atoms with van der Waals surface area (Å²) in [5, 5.41) is 4.92. The first kappa shape index (κ1) is 18.6. The summed E-state index contributed by atoms with van der Waals surface area (Å²) in [5.41, 5.74) is 0.818. The van der Waals surface area contributed by atoms with Crippen LogP contribution in [0.1, 0.15) is 30.7 Å². The van der Waals surface area contributed by atoms with Crippen LogP contribution in [0.15, 0.2) is 10.3 Å². The van der Waals surface area contributed by atoms with Gasteiger partial charge in [0, 0.05) is 24.5 Å². The molecule has 0 aliphatic carbocycles. The van der Waals surface area contributed by atoms with Gasteiger partial charge in [0.25, 0.3) is 0 Å².